The van der Waals surface area contributed by atoms with Gasteiger partial charge in [-0.25, -0.2) is 0 Å². The molecule has 114 valence electrons. The van der Waals surface area contributed by atoms with Gasteiger partial charge in [-0.05, 0) is 18.8 Å². The van der Waals surface area contributed by atoms with Crippen molar-refractivity contribution in [3.8, 4) is 0 Å². The highest BCUT2D eigenvalue weighted by molar-refractivity contribution is 6.30. The SMILES string of the molecule is CC1CCN(C(=O)CCn2cc(Cl)cn2)C(CN)C1.Cl. The van der Waals surface area contributed by atoms with Gasteiger partial charge in [0, 0.05) is 38.3 Å². The summed E-state index contributed by atoms with van der Waals surface area (Å²) in [6, 6.07) is 0.192. The van der Waals surface area contributed by atoms with Crippen molar-refractivity contribution in [3.63, 3.8) is 0 Å². The molecular weight excluding hydrogens is 299 g/mol. The van der Waals surface area contributed by atoms with Crippen LogP contribution in [0.15, 0.2) is 12.4 Å². The summed E-state index contributed by atoms with van der Waals surface area (Å²) in [6.45, 7) is 4.15. The van der Waals surface area contributed by atoms with Gasteiger partial charge in [-0.3, -0.25) is 9.48 Å². The standard InChI is InChI=1S/C13H21ClN4O.ClH/c1-10-2-5-18(12(6-10)7-15)13(19)3-4-17-9-11(14)8-16-17;/h8-10,12H,2-7,15H2,1H3;1H. The highest BCUT2D eigenvalue weighted by Crippen LogP contribution is 2.22. The Balaban J connectivity index is 0.00000200. The van der Waals surface area contributed by atoms with E-state index in [4.69, 9.17) is 17.3 Å². The molecule has 0 saturated carbocycles. The Morgan fingerprint density at radius 2 is 2.35 bits per heavy atom. The summed E-state index contributed by atoms with van der Waals surface area (Å²) in [5, 5.41) is 4.67. The Hall–Kier alpha value is -0.780. The minimum absolute atomic E-state index is 0. The third kappa shape index (κ3) is 4.36. The maximum atomic E-state index is 12.3. The zero-order valence-corrected chi connectivity index (χ0v) is 13.2. The molecule has 1 amide bonds. The van der Waals surface area contributed by atoms with Crippen LogP contribution < -0.4 is 5.73 Å². The molecule has 1 saturated heterocycles. The largest absolute Gasteiger partial charge is 0.338 e. The van der Waals surface area contributed by atoms with Crippen LogP contribution in [0.4, 0.5) is 0 Å². The molecule has 0 aliphatic carbocycles. The molecule has 1 aromatic heterocycles. The molecule has 5 nitrogen and oxygen atoms in total. The van der Waals surface area contributed by atoms with Crippen molar-refractivity contribution in [3.05, 3.63) is 17.4 Å². The van der Waals surface area contributed by atoms with Crippen molar-refractivity contribution in [1.82, 2.24) is 14.7 Å². The molecule has 1 aromatic rings. The number of aromatic nitrogens is 2. The highest BCUT2D eigenvalue weighted by Gasteiger charge is 2.28. The second kappa shape index (κ2) is 7.86. The topological polar surface area (TPSA) is 64.2 Å². The van der Waals surface area contributed by atoms with E-state index in [0.717, 1.165) is 19.4 Å². The van der Waals surface area contributed by atoms with Crippen LogP contribution in [0, 0.1) is 5.92 Å². The van der Waals surface area contributed by atoms with Crippen LogP contribution in [0.3, 0.4) is 0 Å². The van der Waals surface area contributed by atoms with E-state index in [-0.39, 0.29) is 24.4 Å². The monoisotopic (exact) mass is 320 g/mol. The number of hydrogen-bond donors (Lipinski definition) is 1. The number of piperidine rings is 1. The van der Waals surface area contributed by atoms with Crippen molar-refractivity contribution >= 4 is 29.9 Å². The average molecular weight is 321 g/mol. The van der Waals surface area contributed by atoms with Crippen LogP contribution in [0.25, 0.3) is 0 Å². The number of aryl methyl sites for hydroxylation is 1. The molecule has 1 aliphatic heterocycles. The lowest BCUT2D eigenvalue weighted by atomic mass is 9.92. The molecule has 0 radical (unpaired) electrons. The van der Waals surface area contributed by atoms with Crippen molar-refractivity contribution in [1.29, 1.82) is 0 Å². The van der Waals surface area contributed by atoms with Crippen molar-refractivity contribution in [2.24, 2.45) is 11.7 Å². The number of carbonyl (C=O) groups excluding carboxylic acids is 1. The summed E-state index contributed by atoms with van der Waals surface area (Å²) >= 11 is 5.79. The van der Waals surface area contributed by atoms with Crippen LogP contribution in [-0.4, -0.2) is 39.7 Å². The fourth-order valence-electron chi connectivity index (χ4n) is 2.62. The molecule has 2 rings (SSSR count). The van der Waals surface area contributed by atoms with Gasteiger partial charge >= 0.3 is 0 Å². The van der Waals surface area contributed by atoms with Gasteiger partial charge in [-0.15, -0.1) is 12.4 Å². The van der Waals surface area contributed by atoms with E-state index < -0.39 is 0 Å². The first-order chi connectivity index (χ1) is 9.10. The molecule has 2 heterocycles. The van der Waals surface area contributed by atoms with Gasteiger partial charge in [0.15, 0.2) is 0 Å². The molecule has 0 aromatic carbocycles. The van der Waals surface area contributed by atoms with E-state index in [0.29, 0.717) is 30.5 Å². The fraction of sp³-hybridized carbons (Fsp3) is 0.692. The van der Waals surface area contributed by atoms with E-state index in [1.165, 1.54) is 0 Å². The van der Waals surface area contributed by atoms with Crippen LogP contribution in [0.1, 0.15) is 26.2 Å². The Morgan fingerprint density at radius 1 is 1.60 bits per heavy atom. The summed E-state index contributed by atoms with van der Waals surface area (Å²) in [6.07, 6.45) is 5.83. The minimum atomic E-state index is 0. The lowest BCUT2D eigenvalue weighted by Crippen LogP contribution is -2.49. The molecule has 0 bridgehead atoms. The van der Waals surface area contributed by atoms with E-state index in [1.54, 1.807) is 17.1 Å². The molecule has 2 atom stereocenters. The quantitative estimate of drug-likeness (QED) is 0.922. The lowest BCUT2D eigenvalue weighted by Gasteiger charge is -2.38. The van der Waals surface area contributed by atoms with Gasteiger partial charge in [-0.2, -0.15) is 5.10 Å². The fourth-order valence-corrected chi connectivity index (χ4v) is 2.77. The Morgan fingerprint density at radius 3 is 2.95 bits per heavy atom. The van der Waals surface area contributed by atoms with E-state index in [9.17, 15) is 4.79 Å². The first-order valence-corrected chi connectivity index (χ1v) is 7.15. The van der Waals surface area contributed by atoms with Gasteiger partial charge in [0.25, 0.3) is 0 Å². The molecular formula is C13H22Cl2N4O. The maximum Gasteiger partial charge on any atom is 0.224 e. The first kappa shape index (κ1) is 17.3. The number of nitrogens with two attached hydrogens (primary N) is 1. The summed E-state index contributed by atoms with van der Waals surface area (Å²) in [4.78, 5) is 14.2. The summed E-state index contributed by atoms with van der Waals surface area (Å²) in [5.74, 6) is 0.816. The second-order valence-corrected chi connectivity index (χ2v) is 5.71. The van der Waals surface area contributed by atoms with Crippen molar-refractivity contribution < 1.29 is 4.79 Å². The van der Waals surface area contributed by atoms with Crippen LogP contribution in [0.2, 0.25) is 5.02 Å². The summed E-state index contributed by atoms with van der Waals surface area (Å²) in [5.41, 5.74) is 5.78. The molecule has 20 heavy (non-hydrogen) atoms. The number of rotatable bonds is 4. The van der Waals surface area contributed by atoms with Crippen LogP contribution in [0.5, 0.6) is 0 Å². The Bertz CT molecular complexity index is 438. The number of amides is 1. The molecule has 7 heteroatoms. The predicted molar refractivity (Wildman–Crippen MR) is 82.1 cm³/mol. The first-order valence-electron chi connectivity index (χ1n) is 6.77. The number of likely N-dealkylation sites (tertiary alicyclic amines) is 1. The smallest absolute Gasteiger partial charge is 0.224 e. The molecule has 2 unspecified atom stereocenters. The number of hydrogen-bond acceptors (Lipinski definition) is 3. The summed E-state index contributed by atoms with van der Waals surface area (Å²) < 4.78 is 1.70. The third-order valence-corrected chi connectivity index (χ3v) is 3.92. The molecule has 1 fully saturated rings. The normalized spacial score (nSPS) is 22.4. The molecule has 1 aliphatic rings. The van der Waals surface area contributed by atoms with Gasteiger partial charge in [0.1, 0.15) is 0 Å². The maximum absolute atomic E-state index is 12.3. The van der Waals surface area contributed by atoms with Gasteiger partial charge in [-0.1, -0.05) is 18.5 Å². The minimum Gasteiger partial charge on any atom is -0.338 e. The van der Waals surface area contributed by atoms with E-state index in [2.05, 4.69) is 12.0 Å². The second-order valence-electron chi connectivity index (χ2n) is 5.28. The zero-order valence-electron chi connectivity index (χ0n) is 11.7. The number of carbonyl (C=O) groups is 1. The Labute approximate surface area is 130 Å². The van der Waals surface area contributed by atoms with Crippen molar-refractivity contribution in [2.45, 2.75) is 38.8 Å². The van der Waals surface area contributed by atoms with E-state index >= 15 is 0 Å². The number of halogens is 2. The average Bonchev–Trinajstić information content (AvgIpc) is 2.81. The molecule has 2 N–H and O–H groups in total. The van der Waals surface area contributed by atoms with E-state index in [1.807, 2.05) is 4.90 Å². The summed E-state index contributed by atoms with van der Waals surface area (Å²) in [7, 11) is 0. The third-order valence-electron chi connectivity index (χ3n) is 3.73. The van der Waals surface area contributed by atoms with Gasteiger partial charge in [0.05, 0.1) is 11.2 Å². The number of nitrogens with zero attached hydrogens (tertiary/aromatic N) is 3. The highest BCUT2D eigenvalue weighted by atomic mass is 35.5. The van der Waals surface area contributed by atoms with Gasteiger partial charge in [0.2, 0.25) is 5.91 Å². The van der Waals surface area contributed by atoms with Crippen LogP contribution >= 0.6 is 24.0 Å². The van der Waals surface area contributed by atoms with Crippen LogP contribution in [-0.2, 0) is 11.3 Å². The predicted octanol–water partition coefficient (Wildman–Crippen LogP) is 1.93. The zero-order chi connectivity index (χ0) is 13.8. The van der Waals surface area contributed by atoms with Crippen molar-refractivity contribution in [2.75, 3.05) is 13.1 Å². The lowest BCUT2D eigenvalue weighted by molar-refractivity contribution is -0.135. The molecule has 0 spiro atoms. The Kier molecular flexibility index (Phi) is 6.79. The van der Waals surface area contributed by atoms with Gasteiger partial charge < -0.3 is 10.6 Å².